The molecule has 9 heteroatoms. The Morgan fingerprint density at radius 3 is 2.53 bits per heavy atom. The van der Waals surface area contributed by atoms with E-state index in [1.54, 1.807) is 6.92 Å². The number of allylic oxidation sites excluding steroid dienone is 3. The van der Waals surface area contributed by atoms with Crippen LogP contribution in [-0.2, 0) is 14.3 Å². The highest BCUT2D eigenvalue weighted by atomic mass is 16.7. The number of esters is 1. The van der Waals surface area contributed by atoms with Crippen LogP contribution in [0, 0.1) is 10.1 Å². The van der Waals surface area contributed by atoms with E-state index < -0.39 is 16.8 Å². The number of ether oxygens (including phenoxy) is 3. The van der Waals surface area contributed by atoms with Gasteiger partial charge in [0.05, 0.1) is 29.6 Å². The van der Waals surface area contributed by atoms with Crippen molar-refractivity contribution in [3.8, 4) is 11.5 Å². The molecule has 0 bridgehead atoms. The van der Waals surface area contributed by atoms with E-state index >= 15 is 0 Å². The molecule has 3 aliphatic rings. The summed E-state index contributed by atoms with van der Waals surface area (Å²) < 4.78 is 15.8. The van der Waals surface area contributed by atoms with Crippen LogP contribution in [0.3, 0.4) is 0 Å². The van der Waals surface area contributed by atoms with Crippen LogP contribution in [0.25, 0.3) is 0 Å². The third-order valence-electron chi connectivity index (χ3n) is 6.53. The predicted octanol–water partition coefficient (Wildman–Crippen LogP) is 3.86. The van der Waals surface area contributed by atoms with Crippen molar-refractivity contribution >= 4 is 17.4 Å². The molecule has 0 radical (unpaired) electrons. The number of carbonyl (C=O) groups excluding carboxylic acids is 2. The zero-order chi connectivity index (χ0) is 24.0. The number of fused-ring (bicyclic) bond motifs is 1. The molecule has 0 spiro atoms. The summed E-state index contributed by atoms with van der Waals surface area (Å²) in [5.41, 5.74) is 2.63. The van der Waals surface area contributed by atoms with Crippen LogP contribution in [0.1, 0.15) is 42.7 Å². The van der Waals surface area contributed by atoms with Crippen LogP contribution in [-0.4, -0.2) is 30.6 Å². The van der Waals surface area contributed by atoms with Gasteiger partial charge in [-0.2, -0.15) is 0 Å². The minimum Gasteiger partial charge on any atom is -0.466 e. The molecule has 1 N–H and O–H groups in total. The number of Topliss-reactive ketones (excluding diaryl/α,β-unsaturated/α-hetero) is 1. The van der Waals surface area contributed by atoms with E-state index in [0.29, 0.717) is 29.1 Å². The smallest absolute Gasteiger partial charge is 0.336 e. The van der Waals surface area contributed by atoms with E-state index in [9.17, 15) is 19.7 Å². The highest BCUT2D eigenvalue weighted by Crippen LogP contribution is 2.50. The molecule has 2 aromatic rings. The van der Waals surface area contributed by atoms with Crippen LogP contribution < -0.4 is 14.8 Å². The molecule has 2 aromatic carbocycles. The van der Waals surface area contributed by atoms with Gasteiger partial charge >= 0.3 is 5.97 Å². The number of nitro benzene ring substituents is 1. The van der Waals surface area contributed by atoms with Crippen LogP contribution >= 0.6 is 0 Å². The van der Waals surface area contributed by atoms with Crippen LogP contribution in [0.2, 0.25) is 0 Å². The Morgan fingerprint density at radius 1 is 1.15 bits per heavy atom. The average molecular weight is 462 g/mol. The van der Waals surface area contributed by atoms with Crippen molar-refractivity contribution in [2.24, 2.45) is 0 Å². The highest BCUT2D eigenvalue weighted by molar-refractivity contribution is 6.04. The average Bonchev–Trinajstić information content (AvgIpc) is 3.30. The number of hydrogen-bond acceptors (Lipinski definition) is 8. The molecule has 34 heavy (non-hydrogen) atoms. The Balaban J connectivity index is 1.69. The van der Waals surface area contributed by atoms with E-state index in [2.05, 4.69) is 5.32 Å². The second-order valence-electron chi connectivity index (χ2n) is 8.44. The molecular formula is C25H22N2O7. The molecular weight excluding hydrogens is 440 g/mol. The lowest BCUT2D eigenvalue weighted by Gasteiger charge is -2.36. The molecule has 0 saturated heterocycles. The third-order valence-corrected chi connectivity index (χ3v) is 6.53. The third kappa shape index (κ3) is 3.49. The minimum absolute atomic E-state index is 0.0418. The van der Waals surface area contributed by atoms with Gasteiger partial charge in [0.25, 0.3) is 5.69 Å². The van der Waals surface area contributed by atoms with E-state index in [1.807, 2.05) is 30.3 Å². The van der Waals surface area contributed by atoms with Crippen molar-refractivity contribution in [2.75, 3.05) is 13.9 Å². The summed E-state index contributed by atoms with van der Waals surface area (Å²) in [5.74, 6) is -1.27. The first-order chi connectivity index (χ1) is 16.4. The van der Waals surface area contributed by atoms with Gasteiger partial charge in [-0.05, 0) is 30.9 Å². The standard InChI is InChI=1S/C25H22N2O7/c1-13-22(25(29)32-2)23(16-10-20-21(34-12-33-20)11-18(16)27(30)31)24-17(26-13)8-15(9-19(24)28)14-6-4-3-5-7-14/h3-7,10-11,15,23,26H,8-9,12H2,1-2H3/t15-,23-/m0/s1. The summed E-state index contributed by atoms with van der Waals surface area (Å²) >= 11 is 0. The molecule has 5 rings (SSSR count). The molecule has 2 heterocycles. The number of ketones is 1. The van der Waals surface area contributed by atoms with Gasteiger partial charge in [0, 0.05) is 29.0 Å². The number of nitrogens with one attached hydrogen (secondary N) is 1. The lowest BCUT2D eigenvalue weighted by atomic mass is 9.71. The van der Waals surface area contributed by atoms with E-state index in [0.717, 1.165) is 5.56 Å². The molecule has 0 saturated carbocycles. The predicted molar refractivity (Wildman–Crippen MR) is 120 cm³/mol. The van der Waals surface area contributed by atoms with E-state index in [1.165, 1.54) is 19.2 Å². The van der Waals surface area contributed by atoms with Crippen LogP contribution in [0.5, 0.6) is 11.5 Å². The van der Waals surface area contributed by atoms with Gasteiger partial charge in [0.15, 0.2) is 17.3 Å². The van der Waals surface area contributed by atoms with Gasteiger partial charge in [-0.3, -0.25) is 14.9 Å². The maximum atomic E-state index is 13.6. The quantitative estimate of drug-likeness (QED) is 0.414. The Labute approximate surface area is 195 Å². The van der Waals surface area contributed by atoms with Crippen molar-refractivity contribution in [2.45, 2.75) is 31.6 Å². The summed E-state index contributed by atoms with van der Waals surface area (Å²) in [6, 6.07) is 12.5. The first kappa shape index (κ1) is 21.7. The summed E-state index contributed by atoms with van der Waals surface area (Å²) in [7, 11) is 1.24. The fourth-order valence-electron chi connectivity index (χ4n) is 5.03. The fraction of sp³-hybridized carbons (Fsp3) is 0.280. The molecule has 0 amide bonds. The second kappa shape index (κ2) is 8.33. The summed E-state index contributed by atoms with van der Waals surface area (Å²) in [6.07, 6.45) is 0.763. The molecule has 0 fully saturated rings. The molecule has 2 aliphatic heterocycles. The normalized spacial score (nSPS) is 21.2. The number of carbonyl (C=O) groups is 2. The Morgan fingerprint density at radius 2 is 1.85 bits per heavy atom. The molecule has 0 aromatic heterocycles. The number of dihydropyridines is 1. The van der Waals surface area contributed by atoms with Gasteiger partial charge in [-0.1, -0.05) is 30.3 Å². The SMILES string of the molecule is COC(=O)C1=C(C)NC2=C(C(=O)C[C@@H](c3ccccc3)C2)[C@H]1c1cc2c(cc1[N+](=O)[O-])OCO2. The largest absolute Gasteiger partial charge is 0.466 e. The summed E-state index contributed by atoms with van der Waals surface area (Å²) in [6.45, 7) is 1.64. The molecule has 0 unspecified atom stereocenters. The second-order valence-corrected chi connectivity index (χ2v) is 8.44. The maximum Gasteiger partial charge on any atom is 0.336 e. The van der Waals surface area contributed by atoms with Crippen molar-refractivity contribution < 1.29 is 28.7 Å². The van der Waals surface area contributed by atoms with Crippen molar-refractivity contribution in [3.63, 3.8) is 0 Å². The van der Waals surface area contributed by atoms with E-state index in [-0.39, 0.29) is 47.5 Å². The molecule has 2 atom stereocenters. The summed E-state index contributed by atoms with van der Waals surface area (Å²) in [4.78, 5) is 37.9. The minimum atomic E-state index is -0.970. The molecule has 1 aliphatic carbocycles. The van der Waals surface area contributed by atoms with E-state index in [4.69, 9.17) is 14.2 Å². The number of rotatable bonds is 4. The lowest BCUT2D eigenvalue weighted by molar-refractivity contribution is -0.385. The first-order valence-corrected chi connectivity index (χ1v) is 10.8. The van der Waals surface area contributed by atoms with Crippen LogP contribution in [0.4, 0.5) is 5.69 Å². The van der Waals surface area contributed by atoms with Crippen molar-refractivity contribution in [1.82, 2.24) is 5.32 Å². The van der Waals surface area contributed by atoms with Gasteiger partial charge in [0.2, 0.25) is 6.79 Å². The topological polar surface area (TPSA) is 117 Å². The number of hydrogen-bond donors (Lipinski definition) is 1. The van der Waals surface area contributed by atoms with Crippen molar-refractivity contribution in [3.05, 3.63) is 86.2 Å². The van der Waals surface area contributed by atoms with Gasteiger partial charge in [0.1, 0.15) is 0 Å². The maximum absolute atomic E-state index is 13.6. The Kier molecular flexibility index (Phi) is 5.31. The van der Waals surface area contributed by atoms with Crippen LogP contribution in [0.15, 0.2) is 65.0 Å². The zero-order valence-corrected chi connectivity index (χ0v) is 18.6. The lowest BCUT2D eigenvalue weighted by Crippen LogP contribution is -2.36. The number of benzene rings is 2. The zero-order valence-electron chi connectivity index (χ0n) is 18.6. The number of nitrogens with zero attached hydrogens (tertiary/aromatic N) is 1. The Bertz CT molecular complexity index is 1280. The van der Waals surface area contributed by atoms with Crippen molar-refractivity contribution in [1.29, 1.82) is 0 Å². The number of nitro groups is 1. The summed E-state index contributed by atoms with van der Waals surface area (Å²) in [5, 5.41) is 15.3. The molecule has 174 valence electrons. The number of methoxy groups -OCH3 is 1. The Hall–Kier alpha value is -4.14. The monoisotopic (exact) mass is 462 g/mol. The molecule has 9 nitrogen and oxygen atoms in total. The first-order valence-electron chi connectivity index (χ1n) is 10.8. The van der Waals surface area contributed by atoms with Gasteiger partial charge in [-0.15, -0.1) is 0 Å². The fourth-order valence-corrected chi connectivity index (χ4v) is 5.03. The van der Waals surface area contributed by atoms with Gasteiger partial charge in [-0.25, -0.2) is 4.79 Å². The van der Waals surface area contributed by atoms with Gasteiger partial charge < -0.3 is 19.5 Å². The highest BCUT2D eigenvalue weighted by Gasteiger charge is 2.44.